The van der Waals surface area contributed by atoms with Crippen LogP contribution in [0.1, 0.15) is 32.3 Å². The first-order valence-electron chi connectivity index (χ1n) is 6.57. The Morgan fingerprint density at radius 1 is 1.14 bits per heavy atom. The number of aryl methyl sites for hydroxylation is 2. The van der Waals surface area contributed by atoms with Gasteiger partial charge in [0, 0.05) is 13.0 Å². The molecular weight excluding hydrogens is 297 g/mol. The molecule has 0 unspecified atom stereocenters. The first kappa shape index (κ1) is 16.0. The molecule has 0 fully saturated rings. The van der Waals surface area contributed by atoms with E-state index in [1.807, 2.05) is 32.0 Å². The maximum Gasteiger partial charge on any atom is 0.434 e. The smallest absolute Gasteiger partial charge is 0.315 e. The van der Waals surface area contributed by atoms with E-state index in [1.54, 1.807) is 7.05 Å². The van der Waals surface area contributed by atoms with Gasteiger partial charge in [-0.05, 0) is 26.5 Å². The van der Waals surface area contributed by atoms with Crippen LogP contribution in [-0.4, -0.2) is 12.0 Å². The lowest BCUT2D eigenvalue weighted by atomic mass is 10.1. The maximum absolute atomic E-state index is 13.0. The third kappa shape index (κ3) is 4.04. The van der Waals surface area contributed by atoms with Gasteiger partial charge in [-0.15, -0.1) is 11.3 Å². The average molecular weight is 314 g/mol. The Kier molecular flexibility index (Phi) is 4.68. The van der Waals surface area contributed by atoms with Crippen molar-refractivity contribution in [2.45, 2.75) is 33.0 Å². The van der Waals surface area contributed by atoms with Crippen LogP contribution in [0.4, 0.5) is 13.2 Å². The summed E-state index contributed by atoms with van der Waals surface area (Å²) < 4.78 is 38.9. The van der Waals surface area contributed by atoms with Crippen LogP contribution >= 0.6 is 11.3 Å². The molecule has 1 N–H and O–H groups in total. The van der Waals surface area contributed by atoms with Crippen LogP contribution in [-0.2, 0) is 19.1 Å². The SMILES string of the molecule is CNCc1sc(Cc2cc(C)cc(C)c2)nc1C(F)(F)F. The highest BCUT2D eigenvalue weighted by Gasteiger charge is 2.37. The Morgan fingerprint density at radius 2 is 1.76 bits per heavy atom. The Hall–Kier alpha value is -1.40. The van der Waals surface area contributed by atoms with E-state index in [9.17, 15) is 13.2 Å². The van der Waals surface area contributed by atoms with Gasteiger partial charge in [0.05, 0.1) is 9.88 Å². The summed E-state index contributed by atoms with van der Waals surface area (Å²) in [6, 6.07) is 6.01. The van der Waals surface area contributed by atoms with Crippen molar-refractivity contribution in [1.29, 1.82) is 0 Å². The van der Waals surface area contributed by atoms with Crippen molar-refractivity contribution < 1.29 is 13.2 Å². The predicted octanol–water partition coefficient (Wildman–Crippen LogP) is 4.09. The van der Waals surface area contributed by atoms with E-state index < -0.39 is 11.9 Å². The molecule has 2 nitrogen and oxygen atoms in total. The van der Waals surface area contributed by atoms with Gasteiger partial charge in [0.25, 0.3) is 0 Å². The number of nitrogens with one attached hydrogen (secondary N) is 1. The molecule has 1 heterocycles. The third-order valence-corrected chi connectivity index (χ3v) is 4.04. The van der Waals surface area contributed by atoms with Crippen molar-refractivity contribution in [2.75, 3.05) is 7.05 Å². The van der Waals surface area contributed by atoms with Gasteiger partial charge >= 0.3 is 6.18 Å². The van der Waals surface area contributed by atoms with Gasteiger partial charge in [-0.2, -0.15) is 13.2 Å². The molecule has 1 aromatic heterocycles. The largest absolute Gasteiger partial charge is 0.434 e. The second-order valence-corrected chi connectivity index (χ2v) is 6.25. The zero-order valence-electron chi connectivity index (χ0n) is 12.1. The van der Waals surface area contributed by atoms with Crippen LogP contribution in [0.3, 0.4) is 0 Å². The van der Waals surface area contributed by atoms with Gasteiger partial charge in [0.1, 0.15) is 0 Å². The van der Waals surface area contributed by atoms with Crippen LogP contribution in [0.25, 0.3) is 0 Å². The van der Waals surface area contributed by atoms with Crippen molar-refractivity contribution >= 4 is 11.3 Å². The summed E-state index contributed by atoms with van der Waals surface area (Å²) >= 11 is 1.12. The minimum Gasteiger partial charge on any atom is -0.315 e. The molecule has 2 aromatic rings. The molecule has 0 saturated carbocycles. The lowest BCUT2D eigenvalue weighted by molar-refractivity contribution is -0.141. The van der Waals surface area contributed by atoms with E-state index in [-0.39, 0.29) is 11.4 Å². The second kappa shape index (κ2) is 6.15. The molecule has 0 amide bonds. The van der Waals surface area contributed by atoms with Gasteiger partial charge in [0.2, 0.25) is 0 Å². The molecule has 114 valence electrons. The van der Waals surface area contributed by atoms with E-state index in [2.05, 4.69) is 10.3 Å². The average Bonchev–Trinajstić information content (AvgIpc) is 2.70. The number of hydrogen-bond acceptors (Lipinski definition) is 3. The second-order valence-electron chi connectivity index (χ2n) is 5.08. The molecule has 0 radical (unpaired) electrons. The van der Waals surface area contributed by atoms with Crippen molar-refractivity contribution in [3.05, 3.63) is 50.5 Å². The molecule has 0 atom stereocenters. The van der Waals surface area contributed by atoms with E-state index in [1.165, 1.54) is 0 Å². The zero-order chi connectivity index (χ0) is 15.6. The molecule has 21 heavy (non-hydrogen) atoms. The number of alkyl halides is 3. The van der Waals surface area contributed by atoms with E-state index >= 15 is 0 Å². The Balaban J connectivity index is 2.32. The summed E-state index contributed by atoms with van der Waals surface area (Å²) in [5.74, 6) is 0. The molecule has 2 rings (SSSR count). The lowest BCUT2D eigenvalue weighted by Gasteiger charge is -2.05. The van der Waals surface area contributed by atoms with Crippen LogP contribution in [0.2, 0.25) is 0 Å². The minimum atomic E-state index is -4.40. The summed E-state index contributed by atoms with van der Waals surface area (Å²) in [5, 5.41) is 3.26. The number of benzene rings is 1. The van der Waals surface area contributed by atoms with Crippen molar-refractivity contribution in [3.63, 3.8) is 0 Å². The summed E-state index contributed by atoms with van der Waals surface area (Å²) in [5.41, 5.74) is 2.44. The molecule has 0 saturated heterocycles. The molecule has 0 bridgehead atoms. The molecular formula is C15H17F3N2S. The van der Waals surface area contributed by atoms with Crippen LogP contribution in [0.5, 0.6) is 0 Å². The van der Waals surface area contributed by atoms with E-state index in [4.69, 9.17) is 0 Å². The molecule has 0 aliphatic carbocycles. The van der Waals surface area contributed by atoms with Gasteiger partial charge in [-0.25, -0.2) is 4.98 Å². The standard InChI is InChI=1S/C15H17F3N2S/c1-9-4-10(2)6-11(5-9)7-13-20-14(15(16,17)18)12(21-13)8-19-3/h4-6,19H,7-8H2,1-3H3. The van der Waals surface area contributed by atoms with Crippen LogP contribution in [0, 0.1) is 13.8 Å². The fraction of sp³-hybridized carbons (Fsp3) is 0.400. The number of nitrogens with zero attached hydrogens (tertiary/aromatic N) is 1. The van der Waals surface area contributed by atoms with Crippen molar-refractivity contribution in [3.8, 4) is 0 Å². The van der Waals surface area contributed by atoms with Gasteiger partial charge in [-0.1, -0.05) is 29.3 Å². The first-order valence-corrected chi connectivity index (χ1v) is 7.39. The number of rotatable bonds is 4. The number of thiazole rings is 1. The monoisotopic (exact) mass is 314 g/mol. The molecule has 0 aliphatic rings. The van der Waals surface area contributed by atoms with Crippen LogP contribution < -0.4 is 5.32 Å². The van der Waals surface area contributed by atoms with Crippen molar-refractivity contribution in [1.82, 2.24) is 10.3 Å². The highest BCUT2D eigenvalue weighted by Crippen LogP contribution is 2.35. The molecule has 0 spiro atoms. The van der Waals surface area contributed by atoms with E-state index in [0.29, 0.717) is 11.4 Å². The van der Waals surface area contributed by atoms with E-state index in [0.717, 1.165) is 28.0 Å². The fourth-order valence-electron chi connectivity index (χ4n) is 2.32. The third-order valence-electron chi connectivity index (χ3n) is 2.98. The van der Waals surface area contributed by atoms with Gasteiger partial charge < -0.3 is 5.32 Å². The zero-order valence-corrected chi connectivity index (χ0v) is 13.0. The molecule has 1 aromatic carbocycles. The summed E-state index contributed by atoms with van der Waals surface area (Å²) in [6.07, 6.45) is -3.97. The first-order chi connectivity index (χ1) is 9.79. The van der Waals surface area contributed by atoms with Gasteiger partial charge in [0.15, 0.2) is 5.69 Å². The molecule has 0 aliphatic heterocycles. The molecule has 6 heteroatoms. The summed E-state index contributed by atoms with van der Waals surface area (Å²) in [7, 11) is 1.63. The van der Waals surface area contributed by atoms with Gasteiger partial charge in [-0.3, -0.25) is 0 Å². The van der Waals surface area contributed by atoms with Crippen molar-refractivity contribution in [2.24, 2.45) is 0 Å². The normalized spacial score (nSPS) is 11.9. The van der Waals surface area contributed by atoms with Crippen LogP contribution in [0.15, 0.2) is 18.2 Å². The number of aromatic nitrogens is 1. The quantitative estimate of drug-likeness (QED) is 0.919. The summed E-state index contributed by atoms with van der Waals surface area (Å²) in [4.78, 5) is 4.05. The highest BCUT2D eigenvalue weighted by molar-refractivity contribution is 7.11. The fourth-order valence-corrected chi connectivity index (χ4v) is 3.46. The predicted molar refractivity (Wildman–Crippen MR) is 78.6 cm³/mol. The summed E-state index contributed by atoms with van der Waals surface area (Å²) in [6.45, 7) is 4.14. The topological polar surface area (TPSA) is 24.9 Å². The lowest BCUT2D eigenvalue weighted by Crippen LogP contribution is -2.12. The maximum atomic E-state index is 13.0. The number of hydrogen-bond donors (Lipinski definition) is 1. The Labute approximate surface area is 126 Å². The highest BCUT2D eigenvalue weighted by atomic mass is 32.1. The Morgan fingerprint density at radius 3 is 2.29 bits per heavy atom. The number of halogens is 3. The minimum absolute atomic E-state index is 0.180. The Bertz CT molecular complexity index is 612.